The van der Waals surface area contributed by atoms with Crippen LogP contribution in [0.4, 0.5) is 0 Å². The third-order valence-electron chi connectivity index (χ3n) is 3.53. The first-order valence-electron chi connectivity index (χ1n) is 6.92. The van der Waals surface area contributed by atoms with Gasteiger partial charge in [0.1, 0.15) is 6.04 Å². The van der Waals surface area contributed by atoms with Gasteiger partial charge < -0.3 is 5.11 Å². The van der Waals surface area contributed by atoms with Crippen LogP contribution in [-0.2, 0) is 21.2 Å². The number of halogens is 2. The molecular weight excluding hydrogens is 418 g/mol. The van der Waals surface area contributed by atoms with E-state index in [1.807, 2.05) is 6.07 Å². The van der Waals surface area contributed by atoms with Crippen LogP contribution in [-0.4, -0.2) is 36.9 Å². The van der Waals surface area contributed by atoms with Gasteiger partial charge in [-0.05, 0) is 48.4 Å². The third kappa shape index (κ3) is 4.36. The zero-order valence-electron chi connectivity index (χ0n) is 12.7. The fourth-order valence-corrected chi connectivity index (χ4v) is 4.08. The highest BCUT2D eigenvalue weighted by molar-refractivity contribution is 9.10. The highest BCUT2D eigenvalue weighted by Crippen LogP contribution is 2.22. The van der Waals surface area contributed by atoms with Gasteiger partial charge in [0.05, 0.1) is 4.90 Å². The predicted octanol–water partition coefficient (Wildman–Crippen LogP) is 3.42. The lowest BCUT2D eigenvalue weighted by atomic mass is 10.1. The SMILES string of the molecule is CN([C@H](Cc1cccc(Br)c1)C(=O)O)S(=O)(=O)c1ccc(Cl)cc1. The molecule has 0 heterocycles. The number of hydrogen-bond donors (Lipinski definition) is 1. The number of nitrogens with zero attached hydrogens (tertiary/aromatic N) is 1. The first-order chi connectivity index (χ1) is 11.2. The third-order valence-corrected chi connectivity index (χ3v) is 6.16. The zero-order chi connectivity index (χ0) is 17.9. The van der Waals surface area contributed by atoms with Gasteiger partial charge in [0.15, 0.2) is 0 Å². The number of benzene rings is 2. The first kappa shape index (κ1) is 18.9. The van der Waals surface area contributed by atoms with E-state index in [0.29, 0.717) is 5.02 Å². The maximum absolute atomic E-state index is 12.7. The summed E-state index contributed by atoms with van der Waals surface area (Å²) in [5.74, 6) is -1.21. The summed E-state index contributed by atoms with van der Waals surface area (Å²) in [5, 5.41) is 9.89. The highest BCUT2D eigenvalue weighted by atomic mass is 79.9. The number of carbonyl (C=O) groups is 1. The van der Waals surface area contributed by atoms with Crippen molar-refractivity contribution in [3.8, 4) is 0 Å². The molecule has 8 heteroatoms. The second-order valence-corrected chi connectivity index (χ2v) is 8.51. The number of carboxylic acids is 1. The molecule has 0 saturated heterocycles. The second kappa shape index (κ2) is 7.65. The van der Waals surface area contributed by atoms with Crippen LogP contribution in [0.3, 0.4) is 0 Å². The van der Waals surface area contributed by atoms with Crippen molar-refractivity contribution in [2.45, 2.75) is 17.4 Å². The largest absolute Gasteiger partial charge is 0.480 e. The summed E-state index contributed by atoms with van der Waals surface area (Å²) in [6.07, 6.45) is 0.0537. The molecule has 2 aromatic rings. The number of sulfonamides is 1. The van der Waals surface area contributed by atoms with E-state index >= 15 is 0 Å². The van der Waals surface area contributed by atoms with Crippen LogP contribution >= 0.6 is 27.5 Å². The number of aliphatic carboxylic acids is 1. The summed E-state index contributed by atoms with van der Waals surface area (Å²) < 4.78 is 27.0. The lowest BCUT2D eigenvalue weighted by molar-refractivity contribution is -0.141. The van der Waals surface area contributed by atoms with Crippen molar-refractivity contribution >= 4 is 43.5 Å². The molecule has 0 spiro atoms. The van der Waals surface area contributed by atoms with Crippen LogP contribution in [0.2, 0.25) is 5.02 Å². The van der Waals surface area contributed by atoms with E-state index in [1.165, 1.54) is 31.3 Å². The summed E-state index contributed by atoms with van der Waals surface area (Å²) in [4.78, 5) is 11.6. The van der Waals surface area contributed by atoms with E-state index in [4.69, 9.17) is 11.6 Å². The van der Waals surface area contributed by atoms with Crippen molar-refractivity contribution < 1.29 is 18.3 Å². The molecule has 0 amide bonds. The molecule has 0 aliphatic carbocycles. The average Bonchev–Trinajstić information content (AvgIpc) is 2.52. The van der Waals surface area contributed by atoms with E-state index in [-0.39, 0.29) is 11.3 Å². The Hall–Kier alpha value is -1.41. The van der Waals surface area contributed by atoms with Crippen molar-refractivity contribution in [1.29, 1.82) is 0 Å². The number of likely N-dealkylation sites (N-methyl/N-ethyl adjacent to an activating group) is 1. The summed E-state index contributed by atoms with van der Waals surface area (Å²) in [5.41, 5.74) is 0.718. The molecule has 1 N–H and O–H groups in total. The van der Waals surface area contributed by atoms with E-state index < -0.39 is 22.0 Å². The molecule has 0 saturated carbocycles. The summed E-state index contributed by atoms with van der Waals surface area (Å²) in [6.45, 7) is 0. The van der Waals surface area contributed by atoms with Gasteiger partial charge in [0.25, 0.3) is 0 Å². The fourth-order valence-electron chi connectivity index (χ4n) is 2.20. The van der Waals surface area contributed by atoms with E-state index in [0.717, 1.165) is 14.3 Å². The normalized spacial score (nSPS) is 13.0. The Morgan fingerprint density at radius 2 is 1.88 bits per heavy atom. The van der Waals surface area contributed by atoms with Gasteiger partial charge in [0.2, 0.25) is 10.0 Å². The Labute approximate surface area is 154 Å². The lowest BCUT2D eigenvalue weighted by Crippen LogP contribution is -2.43. The topological polar surface area (TPSA) is 74.7 Å². The maximum atomic E-state index is 12.7. The van der Waals surface area contributed by atoms with Crippen molar-refractivity contribution in [2.75, 3.05) is 7.05 Å². The molecule has 0 bridgehead atoms. The van der Waals surface area contributed by atoms with Gasteiger partial charge in [-0.25, -0.2) is 8.42 Å². The minimum absolute atomic E-state index is 0.00473. The van der Waals surface area contributed by atoms with Crippen molar-refractivity contribution in [2.24, 2.45) is 0 Å². The zero-order valence-corrected chi connectivity index (χ0v) is 15.8. The Morgan fingerprint density at radius 1 is 1.25 bits per heavy atom. The molecule has 0 unspecified atom stereocenters. The standard InChI is InChI=1S/C16H15BrClNO4S/c1-19(24(22,23)14-7-5-13(18)6-8-14)15(16(20)21)10-11-3-2-4-12(17)9-11/h2-9,15H,10H2,1H3,(H,20,21)/t15-/m1/s1. The van der Waals surface area contributed by atoms with Crippen LogP contribution in [0.1, 0.15) is 5.56 Å². The number of carboxylic acid groups (broad SMARTS) is 1. The van der Waals surface area contributed by atoms with E-state index in [2.05, 4.69) is 15.9 Å². The summed E-state index contributed by atoms with van der Waals surface area (Å²) >= 11 is 9.09. The first-order valence-corrected chi connectivity index (χ1v) is 9.54. The fraction of sp³-hybridized carbons (Fsp3) is 0.188. The average molecular weight is 433 g/mol. The van der Waals surface area contributed by atoms with Gasteiger partial charge in [-0.15, -0.1) is 0 Å². The summed E-state index contributed by atoms with van der Waals surface area (Å²) in [7, 11) is -2.68. The van der Waals surface area contributed by atoms with E-state index in [9.17, 15) is 18.3 Å². The van der Waals surface area contributed by atoms with E-state index in [1.54, 1.807) is 18.2 Å². The Kier molecular flexibility index (Phi) is 6.03. The predicted molar refractivity (Wildman–Crippen MR) is 95.7 cm³/mol. The van der Waals surface area contributed by atoms with Crippen LogP contribution in [0.15, 0.2) is 57.9 Å². The van der Waals surface area contributed by atoms with Gasteiger partial charge in [-0.3, -0.25) is 4.79 Å². The quantitative estimate of drug-likeness (QED) is 0.759. The molecule has 0 aliphatic rings. The minimum atomic E-state index is -3.95. The molecular formula is C16H15BrClNO4S. The molecule has 24 heavy (non-hydrogen) atoms. The van der Waals surface area contributed by atoms with Gasteiger partial charge in [-0.1, -0.05) is 39.7 Å². The van der Waals surface area contributed by atoms with Crippen molar-refractivity contribution in [3.05, 3.63) is 63.6 Å². The number of hydrogen-bond acceptors (Lipinski definition) is 3. The second-order valence-electron chi connectivity index (χ2n) is 5.16. The monoisotopic (exact) mass is 431 g/mol. The van der Waals surface area contributed by atoms with Crippen LogP contribution in [0.5, 0.6) is 0 Å². The smallest absolute Gasteiger partial charge is 0.322 e. The van der Waals surface area contributed by atoms with Gasteiger partial charge >= 0.3 is 5.97 Å². The molecule has 1 atom stereocenters. The minimum Gasteiger partial charge on any atom is -0.480 e. The molecule has 0 fully saturated rings. The van der Waals surface area contributed by atoms with Gasteiger partial charge in [0, 0.05) is 16.5 Å². The van der Waals surface area contributed by atoms with Crippen LogP contribution < -0.4 is 0 Å². The highest BCUT2D eigenvalue weighted by Gasteiger charge is 2.33. The maximum Gasteiger partial charge on any atom is 0.322 e. The number of rotatable bonds is 6. The van der Waals surface area contributed by atoms with Crippen molar-refractivity contribution in [3.63, 3.8) is 0 Å². The molecule has 2 rings (SSSR count). The Bertz CT molecular complexity index is 839. The van der Waals surface area contributed by atoms with Crippen LogP contribution in [0.25, 0.3) is 0 Å². The van der Waals surface area contributed by atoms with Gasteiger partial charge in [-0.2, -0.15) is 4.31 Å². The lowest BCUT2D eigenvalue weighted by Gasteiger charge is -2.24. The molecule has 128 valence electrons. The Morgan fingerprint density at radius 3 is 2.42 bits per heavy atom. The Balaban J connectivity index is 2.33. The molecule has 0 aliphatic heterocycles. The molecule has 5 nitrogen and oxygen atoms in total. The molecule has 2 aromatic carbocycles. The summed E-state index contributed by atoms with van der Waals surface area (Å²) in [6, 6.07) is 11.5. The molecule has 0 radical (unpaired) electrons. The van der Waals surface area contributed by atoms with Crippen LogP contribution in [0, 0.1) is 0 Å². The van der Waals surface area contributed by atoms with Crippen molar-refractivity contribution in [1.82, 2.24) is 4.31 Å². The molecule has 0 aromatic heterocycles.